The van der Waals surface area contributed by atoms with Gasteiger partial charge in [-0.25, -0.2) is 15.0 Å². The van der Waals surface area contributed by atoms with E-state index in [-0.39, 0.29) is 0 Å². The molecule has 1 atom stereocenters. The zero-order valence-corrected chi connectivity index (χ0v) is 29.9. The summed E-state index contributed by atoms with van der Waals surface area (Å²) in [5.41, 5.74) is 13.7. The Balaban J connectivity index is 1.13. The minimum atomic E-state index is 0.531. The topological polar surface area (TPSA) is 43.6 Å². The fourth-order valence-corrected chi connectivity index (χ4v) is 7.79. The Kier molecular flexibility index (Phi) is 7.80. The van der Waals surface area contributed by atoms with Gasteiger partial charge in [-0.05, 0) is 53.8 Å². The summed E-state index contributed by atoms with van der Waals surface area (Å²) in [6.07, 6.45) is 7.99. The summed E-state index contributed by atoms with van der Waals surface area (Å²) in [6, 6.07) is 57.4. The van der Waals surface area contributed by atoms with Crippen molar-refractivity contribution in [2.45, 2.75) is 13.3 Å². The summed E-state index contributed by atoms with van der Waals surface area (Å²) in [5, 5.41) is 3.51. The first-order valence-electron chi connectivity index (χ1n) is 18.6. The molecule has 4 nitrogen and oxygen atoms in total. The summed E-state index contributed by atoms with van der Waals surface area (Å²) in [5.74, 6) is 1.22. The number of fused-ring (bicyclic) bond motifs is 5. The average molecular weight is 693 g/mol. The highest BCUT2D eigenvalue weighted by atomic mass is 15.0. The minimum Gasteiger partial charge on any atom is -0.309 e. The Morgan fingerprint density at radius 1 is 0.519 bits per heavy atom. The zero-order valence-electron chi connectivity index (χ0n) is 29.9. The summed E-state index contributed by atoms with van der Waals surface area (Å²) >= 11 is 0. The largest absolute Gasteiger partial charge is 0.309 e. The van der Waals surface area contributed by atoms with Crippen molar-refractivity contribution in [1.29, 1.82) is 0 Å². The lowest BCUT2D eigenvalue weighted by atomic mass is 9.99. The molecule has 0 saturated carbocycles. The van der Waals surface area contributed by atoms with Crippen LogP contribution in [0.1, 0.15) is 13.3 Å². The molecule has 0 fully saturated rings. The maximum Gasteiger partial charge on any atom is 0.160 e. The van der Waals surface area contributed by atoms with Gasteiger partial charge in [-0.2, -0.15) is 0 Å². The Bertz CT molecular complexity index is 2900. The van der Waals surface area contributed by atoms with Crippen LogP contribution in [0, 0.1) is 5.92 Å². The van der Waals surface area contributed by atoms with E-state index in [2.05, 4.69) is 181 Å². The van der Waals surface area contributed by atoms with Gasteiger partial charge in [0.1, 0.15) is 0 Å². The maximum absolute atomic E-state index is 5.36. The molecule has 3 heterocycles. The minimum absolute atomic E-state index is 0.531. The van der Waals surface area contributed by atoms with Gasteiger partial charge in [0.05, 0.1) is 33.6 Å². The van der Waals surface area contributed by atoms with Crippen LogP contribution in [-0.4, -0.2) is 19.5 Å². The number of hydrogen-bond donors (Lipinski definition) is 0. The maximum atomic E-state index is 5.36. The van der Waals surface area contributed by atoms with Crippen molar-refractivity contribution >= 4 is 38.4 Å². The number of nitrogens with zero attached hydrogens (tertiary/aromatic N) is 4. The third-order valence-electron chi connectivity index (χ3n) is 10.5. The molecule has 0 radical (unpaired) electrons. The molecular formula is C50H36N4. The summed E-state index contributed by atoms with van der Waals surface area (Å²) in [7, 11) is 0. The van der Waals surface area contributed by atoms with Crippen molar-refractivity contribution in [2.24, 2.45) is 5.92 Å². The van der Waals surface area contributed by atoms with E-state index in [4.69, 9.17) is 15.0 Å². The van der Waals surface area contributed by atoms with Gasteiger partial charge in [-0.15, -0.1) is 0 Å². The molecule has 0 saturated heterocycles. The fraction of sp³-hybridized carbons (Fsp3) is 0.0600. The van der Waals surface area contributed by atoms with E-state index in [1.807, 2.05) is 12.1 Å². The SMILES string of the molecule is CC1C=CC(n2c3ccccc3c3c(-c4ccc(-c5cc(-c6ccccc6)nc(-c6cccc(-c7ccccc7)c6)n5)cc4)nc4ccccc4c32)=CC1. The van der Waals surface area contributed by atoms with E-state index < -0.39 is 0 Å². The molecule has 0 aliphatic heterocycles. The molecular weight excluding hydrogens is 657 g/mol. The molecule has 0 N–H and O–H groups in total. The number of benzene rings is 6. The number of para-hydroxylation sites is 2. The van der Waals surface area contributed by atoms with E-state index in [1.165, 1.54) is 27.5 Å². The molecule has 6 aromatic carbocycles. The number of rotatable bonds is 6. The zero-order chi connectivity index (χ0) is 36.0. The summed E-state index contributed by atoms with van der Waals surface area (Å²) in [4.78, 5) is 15.7. The van der Waals surface area contributed by atoms with Crippen LogP contribution in [-0.2, 0) is 0 Å². The highest BCUT2D eigenvalue weighted by Crippen LogP contribution is 2.42. The molecule has 0 spiro atoms. The Labute approximate surface area is 314 Å². The highest BCUT2D eigenvalue weighted by Gasteiger charge is 2.22. The normalized spacial score (nSPS) is 14.2. The number of allylic oxidation sites excluding steroid dienone is 4. The second-order valence-electron chi connectivity index (χ2n) is 14.1. The van der Waals surface area contributed by atoms with Crippen LogP contribution < -0.4 is 0 Å². The van der Waals surface area contributed by atoms with Crippen LogP contribution in [0.4, 0.5) is 0 Å². The first kappa shape index (κ1) is 31.8. The second kappa shape index (κ2) is 13.3. The lowest BCUT2D eigenvalue weighted by molar-refractivity contribution is 0.735. The van der Waals surface area contributed by atoms with E-state index in [0.29, 0.717) is 11.7 Å². The molecule has 54 heavy (non-hydrogen) atoms. The Morgan fingerprint density at radius 3 is 1.87 bits per heavy atom. The van der Waals surface area contributed by atoms with Crippen LogP contribution in [0.2, 0.25) is 0 Å². The molecule has 256 valence electrons. The van der Waals surface area contributed by atoms with Crippen molar-refractivity contribution in [3.05, 3.63) is 182 Å². The van der Waals surface area contributed by atoms with Crippen LogP contribution >= 0.6 is 0 Å². The van der Waals surface area contributed by atoms with Crippen molar-refractivity contribution in [2.75, 3.05) is 0 Å². The van der Waals surface area contributed by atoms with E-state index >= 15 is 0 Å². The molecule has 0 amide bonds. The van der Waals surface area contributed by atoms with Gasteiger partial charge in [0, 0.05) is 44.1 Å². The molecule has 1 aliphatic rings. The van der Waals surface area contributed by atoms with Crippen LogP contribution in [0.25, 0.3) is 94.7 Å². The number of pyridine rings is 1. The van der Waals surface area contributed by atoms with Crippen LogP contribution in [0.3, 0.4) is 0 Å². The lowest BCUT2D eigenvalue weighted by Gasteiger charge is -2.16. The molecule has 1 unspecified atom stereocenters. The molecule has 9 aromatic rings. The third-order valence-corrected chi connectivity index (χ3v) is 10.5. The Hall–Kier alpha value is -6.91. The van der Waals surface area contributed by atoms with Gasteiger partial charge >= 0.3 is 0 Å². The smallest absolute Gasteiger partial charge is 0.160 e. The molecule has 10 rings (SSSR count). The van der Waals surface area contributed by atoms with Crippen LogP contribution in [0.5, 0.6) is 0 Å². The van der Waals surface area contributed by atoms with Gasteiger partial charge in [-0.1, -0.05) is 159 Å². The monoisotopic (exact) mass is 692 g/mol. The van der Waals surface area contributed by atoms with Crippen LogP contribution in [0.15, 0.2) is 182 Å². The summed E-state index contributed by atoms with van der Waals surface area (Å²) in [6.45, 7) is 2.27. The molecule has 0 bridgehead atoms. The summed E-state index contributed by atoms with van der Waals surface area (Å²) < 4.78 is 2.44. The number of hydrogen-bond acceptors (Lipinski definition) is 3. The molecule has 3 aromatic heterocycles. The first-order chi connectivity index (χ1) is 26.7. The standard InChI is InChI=1S/C50H36N4/c1-33-23-29-40(30-24-33)54-46-22-11-9-20-42(46)47-48(51-43-21-10-8-19-41(43)49(47)54)37-27-25-36(26-28-37)45-32-44(35-15-6-3-7-16-35)52-50(53-45)39-18-12-17-38(31-39)34-13-4-2-5-14-34/h2-23,25-33H,24H2,1H3. The second-order valence-corrected chi connectivity index (χ2v) is 14.1. The third kappa shape index (κ3) is 5.60. The lowest BCUT2D eigenvalue weighted by Crippen LogP contribution is -2.01. The van der Waals surface area contributed by atoms with Crippen molar-refractivity contribution in [3.8, 4) is 56.3 Å². The van der Waals surface area contributed by atoms with Crippen molar-refractivity contribution < 1.29 is 0 Å². The van der Waals surface area contributed by atoms with Crippen molar-refractivity contribution in [1.82, 2.24) is 19.5 Å². The average Bonchev–Trinajstić information content (AvgIpc) is 3.60. The van der Waals surface area contributed by atoms with Crippen molar-refractivity contribution in [3.63, 3.8) is 0 Å². The van der Waals surface area contributed by atoms with Gasteiger partial charge in [-0.3, -0.25) is 0 Å². The molecule has 1 aliphatic carbocycles. The predicted molar refractivity (Wildman–Crippen MR) is 225 cm³/mol. The number of aromatic nitrogens is 4. The highest BCUT2D eigenvalue weighted by molar-refractivity contribution is 6.23. The molecule has 4 heteroatoms. The van der Waals surface area contributed by atoms with Gasteiger partial charge in [0.2, 0.25) is 0 Å². The van der Waals surface area contributed by atoms with E-state index in [9.17, 15) is 0 Å². The Morgan fingerprint density at radius 2 is 1.13 bits per heavy atom. The quantitative estimate of drug-likeness (QED) is 0.174. The predicted octanol–water partition coefficient (Wildman–Crippen LogP) is 12.9. The van der Waals surface area contributed by atoms with E-state index in [1.54, 1.807) is 0 Å². The van der Waals surface area contributed by atoms with Gasteiger partial charge < -0.3 is 4.57 Å². The van der Waals surface area contributed by atoms with Gasteiger partial charge in [0.15, 0.2) is 5.82 Å². The first-order valence-corrected chi connectivity index (χ1v) is 18.6. The van der Waals surface area contributed by atoms with E-state index in [0.717, 1.165) is 67.8 Å². The van der Waals surface area contributed by atoms with Gasteiger partial charge in [0.25, 0.3) is 0 Å². The fourth-order valence-electron chi connectivity index (χ4n) is 7.79.